The van der Waals surface area contributed by atoms with Crippen molar-refractivity contribution in [1.82, 2.24) is 0 Å². The van der Waals surface area contributed by atoms with Crippen LogP contribution in [0.2, 0.25) is 0 Å². The van der Waals surface area contributed by atoms with Crippen LogP contribution in [-0.2, 0) is 9.53 Å². The van der Waals surface area contributed by atoms with Crippen LogP contribution in [0.25, 0.3) is 10.4 Å². The van der Waals surface area contributed by atoms with Crippen LogP contribution in [0.5, 0.6) is 0 Å². The molecule has 4 rings (SSSR count). The monoisotopic (exact) mass is 415 g/mol. The van der Waals surface area contributed by atoms with Crippen LogP contribution in [-0.4, -0.2) is 19.1 Å². The molecule has 4 saturated carbocycles. The summed E-state index contributed by atoms with van der Waals surface area (Å²) in [4.78, 5) is 14.8. The maximum Gasteiger partial charge on any atom is 0.305 e. The van der Waals surface area contributed by atoms with Gasteiger partial charge in [0.25, 0.3) is 0 Å². The van der Waals surface area contributed by atoms with E-state index in [2.05, 4.69) is 30.8 Å². The third-order valence-corrected chi connectivity index (χ3v) is 10.6. The fraction of sp³-hybridized carbons (Fsp3) is 0.960. The van der Waals surface area contributed by atoms with Gasteiger partial charge in [0.05, 0.1) is 7.11 Å². The molecule has 4 aliphatic rings. The molecule has 0 aromatic carbocycles. The topological polar surface area (TPSA) is 75.1 Å². The Labute approximate surface area is 182 Å². The Hall–Kier alpha value is -1.22. The van der Waals surface area contributed by atoms with Crippen molar-refractivity contribution >= 4 is 5.97 Å². The van der Waals surface area contributed by atoms with E-state index in [9.17, 15) is 4.79 Å². The number of hydrogen-bond acceptors (Lipinski definition) is 3. The molecule has 0 N–H and O–H groups in total. The highest BCUT2D eigenvalue weighted by Gasteiger charge is 2.60. The smallest absolute Gasteiger partial charge is 0.305 e. The molecule has 0 aromatic heterocycles. The van der Waals surface area contributed by atoms with Gasteiger partial charge in [0.1, 0.15) is 0 Å². The van der Waals surface area contributed by atoms with E-state index in [1.54, 1.807) is 0 Å². The van der Waals surface area contributed by atoms with Crippen molar-refractivity contribution in [3.8, 4) is 0 Å². The number of methoxy groups -OCH3 is 1. The van der Waals surface area contributed by atoms with Crippen LogP contribution in [0.1, 0.15) is 91.4 Å². The zero-order chi connectivity index (χ0) is 21.5. The number of rotatable bonds is 5. The Bertz CT molecular complexity index is 705. The van der Waals surface area contributed by atoms with Gasteiger partial charge < -0.3 is 4.74 Å². The van der Waals surface area contributed by atoms with Crippen molar-refractivity contribution in [3.05, 3.63) is 10.4 Å². The minimum atomic E-state index is -0.0622. The van der Waals surface area contributed by atoms with Crippen molar-refractivity contribution in [2.24, 2.45) is 51.5 Å². The van der Waals surface area contributed by atoms with Gasteiger partial charge in [-0.15, -0.1) is 0 Å². The number of fused-ring (bicyclic) bond motifs is 5. The lowest BCUT2D eigenvalue weighted by Gasteiger charge is -2.61. The number of nitrogens with zero attached hydrogens (tertiary/aromatic N) is 3. The summed E-state index contributed by atoms with van der Waals surface area (Å²) in [6.07, 6.45) is 13.1. The summed E-state index contributed by atoms with van der Waals surface area (Å²) in [7, 11) is 1.50. The van der Waals surface area contributed by atoms with E-state index in [4.69, 9.17) is 10.3 Å². The van der Waals surface area contributed by atoms with Crippen molar-refractivity contribution in [2.45, 2.75) is 97.4 Å². The number of esters is 1. The number of hydrogen-bond donors (Lipinski definition) is 0. The second kappa shape index (κ2) is 8.37. The molecule has 0 saturated heterocycles. The molecule has 0 unspecified atom stereocenters. The summed E-state index contributed by atoms with van der Waals surface area (Å²) >= 11 is 0. The summed E-state index contributed by atoms with van der Waals surface area (Å²) < 4.78 is 4.88. The Morgan fingerprint density at radius 1 is 1.10 bits per heavy atom. The number of ether oxygens (including phenoxy) is 1. The second-order valence-corrected chi connectivity index (χ2v) is 11.6. The standard InChI is InChI=1S/C25H41N3O2/c1-16(5-10-23(29)30-4)20-8-9-21-19-7-6-17-15-18(27-28-26)11-13-24(17,2)22(19)12-14-25(20,21)3/h16-22H,5-15H2,1-4H3/t16-,17-,18-,19+,20-,21+,22+,24+,25-/m1/s1. The predicted octanol–water partition coefficient (Wildman–Crippen LogP) is 6.91. The van der Waals surface area contributed by atoms with E-state index < -0.39 is 0 Å². The molecule has 30 heavy (non-hydrogen) atoms. The van der Waals surface area contributed by atoms with Crippen molar-refractivity contribution in [2.75, 3.05) is 7.11 Å². The number of carbonyl (C=O) groups excluding carboxylic acids is 1. The third-order valence-electron chi connectivity index (χ3n) is 10.6. The maximum atomic E-state index is 11.7. The first-order valence-corrected chi connectivity index (χ1v) is 12.4. The van der Waals surface area contributed by atoms with Crippen LogP contribution in [0.3, 0.4) is 0 Å². The van der Waals surface area contributed by atoms with Crippen LogP contribution < -0.4 is 0 Å². The maximum absolute atomic E-state index is 11.7. The third kappa shape index (κ3) is 3.55. The molecule has 9 atom stereocenters. The summed E-state index contributed by atoms with van der Waals surface area (Å²) in [6, 6.07) is 0.227. The fourth-order valence-electron chi connectivity index (χ4n) is 9.04. The Morgan fingerprint density at radius 2 is 1.83 bits per heavy atom. The van der Waals surface area contributed by atoms with Gasteiger partial charge >= 0.3 is 5.97 Å². The van der Waals surface area contributed by atoms with E-state index in [1.165, 1.54) is 52.1 Å². The van der Waals surface area contributed by atoms with E-state index in [1.807, 2.05) is 0 Å². The lowest BCUT2D eigenvalue weighted by atomic mass is 9.44. The molecule has 0 heterocycles. The molecule has 4 aliphatic carbocycles. The minimum absolute atomic E-state index is 0.0622. The fourth-order valence-corrected chi connectivity index (χ4v) is 9.04. The molecule has 0 amide bonds. The van der Waals surface area contributed by atoms with Gasteiger partial charge in [-0.2, -0.15) is 0 Å². The number of azide groups is 1. The largest absolute Gasteiger partial charge is 0.469 e. The molecule has 5 nitrogen and oxygen atoms in total. The molecule has 0 radical (unpaired) electrons. The molecular weight excluding hydrogens is 374 g/mol. The summed E-state index contributed by atoms with van der Waals surface area (Å²) in [5, 5.41) is 4.09. The quantitative estimate of drug-likeness (QED) is 0.212. The first kappa shape index (κ1) is 22.0. The minimum Gasteiger partial charge on any atom is -0.469 e. The molecular formula is C25H41N3O2. The van der Waals surface area contributed by atoms with Crippen molar-refractivity contribution in [1.29, 1.82) is 0 Å². The van der Waals surface area contributed by atoms with E-state index in [-0.39, 0.29) is 12.0 Å². The van der Waals surface area contributed by atoms with Crippen molar-refractivity contribution in [3.63, 3.8) is 0 Å². The average molecular weight is 416 g/mol. The highest BCUT2D eigenvalue weighted by molar-refractivity contribution is 5.69. The predicted molar refractivity (Wildman–Crippen MR) is 119 cm³/mol. The first-order valence-electron chi connectivity index (χ1n) is 12.4. The van der Waals surface area contributed by atoms with Crippen LogP contribution in [0.4, 0.5) is 0 Å². The second-order valence-electron chi connectivity index (χ2n) is 11.6. The summed E-state index contributed by atoms with van der Waals surface area (Å²) in [5.41, 5.74) is 9.77. The SMILES string of the molecule is COC(=O)CC[C@@H](C)[C@H]1CC[C@H]2[C@@H]3CC[C@@H]4C[C@H](N=[N+]=[N-])CC[C@]4(C)[C@H]3CC[C@]12C. The highest BCUT2D eigenvalue weighted by atomic mass is 16.5. The molecule has 0 aliphatic heterocycles. The van der Waals surface area contributed by atoms with Gasteiger partial charge in [0.2, 0.25) is 0 Å². The molecule has 0 spiro atoms. The van der Waals surface area contributed by atoms with Crippen LogP contribution >= 0.6 is 0 Å². The van der Waals surface area contributed by atoms with Crippen LogP contribution in [0.15, 0.2) is 5.11 Å². The van der Waals surface area contributed by atoms with Crippen LogP contribution in [0, 0.1) is 46.3 Å². The van der Waals surface area contributed by atoms with E-state index in [0.29, 0.717) is 23.2 Å². The van der Waals surface area contributed by atoms with Gasteiger partial charge in [-0.1, -0.05) is 25.9 Å². The van der Waals surface area contributed by atoms with Gasteiger partial charge in [-0.3, -0.25) is 4.79 Å². The first-order chi connectivity index (χ1) is 14.3. The molecule has 0 aromatic rings. The van der Waals surface area contributed by atoms with E-state index >= 15 is 0 Å². The van der Waals surface area contributed by atoms with Gasteiger partial charge in [-0.05, 0) is 116 Å². The zero-order valence-corrected chi connectivity index (χ0v) is 19.5. The molecule has 0 bridgehead atoms. The summed E-state index contributed by atoms with van der Waals surface area (Å²) in [6.45, 7) is 7.55. The Morgan fingerprint density at radius 3 is 2.57 bits per heavy atom. The number of carbonyl (C=O) groups is 1. The van der Waals surface area contributed by atoms with Crippen molar-refractivity contribution < 1.29 is 9.53 Å². The lowest BCUT2D eigenvalue weighted by molar-refractivity contribution is -0.141. The zero-order valence-electron chi connectivity index (χ0n) is 19.5. The molecule has 168 valence electrons. The summed E-state index contributed by atoms with van der Waals surface area (Å²) in [5.74, 6) is 4.61. The van der Waals surface area contributed by atoms with E-state index in [0.717, 1.165) is 48.9 Å². The average Bonchev–Trinajstić information content (AvgIpc) is 3.09. The Kier molecular flexibility index (Phi) is 6.14. The van der Waals surface area contributed by atoms with Gasteiger partial charge in [0.15, 0.2) is 0 Å². The molecule has 5 heteroatoms. The highest BCUT2D eigenvalue weighted by Crippen LogP contribution is 2.68. The van der Waals surface area contributed by atoms with Gasteiger partial charge in [0, 0.05) is 17.4 Å². The normalized spacial score (nSPS) is 46.0. The lowest BCUT2D eigenvalue weighted by Crippen LogP contribution is -2.54. The Balaban J connectivity index is 1.47. The van der Waals surface area contributed by atoms with Gasteiger partial charge in [-0.25, -0.2) is 0 Å². The molecule has 4 fully saturated rings.